The molecule has 3 aromatic rings. The zero-order chi connectivity index (χ0) is 20.7. The van der Waals surface area contributed by atoms with E-state index in [1.807, 2.05) is 37.2 Å². The van der Waals surface area contributed by atoms with Gasteiger partial charge in [0.15, 0.2) is 0 Å². The van der Waals surface area contributed by atoms with Crippen molar-refractivity contribution < 1.29 is 4.79 Å². The number of fused-ring (bicyclic) bond motifs is 1. The molecule has 2 aromatic carbocycles. The molecule has 6 nitrogen and oxygen atoms in total. The Kier molecular flexibility index (Phi) is 4.57. The molecule has 1 saturated heterocycles. The Balaban J connectivity index is 1.32. The molecule has 0 N–H and O–H groups in total. The van der Waals surface area contributed by atoms with Crippen molar-refractivity contribution in [2.45, 2.75) is 18.3 Å². The molecule has 30 heavy (non-hydrogen) atoms. The minimum absolute atomic E-state index is 0.273. The molecule has 2 fully saturated rings. The molecule has 2 heterocycles. The molecule has 0 spiro atoms. The largest absolute Gasteiger partial charge is 0.368 e. The lowest BCUT2D eigenvalue weighted by Crippen LogP contribution is -2.51. The van der Waals surface area contributed by atoms with Gasteiger partial charge in [-0.05, 0) is 36.6 Å². The molecule has 2 aliphatic rings. The molecule has 0 atom stereocenters. The normalized spacial score (nSPS) is 17.8. The number of aromatic nitrogens is 2. The van der Waals surface area contributed by atoms with E-state index in [0.29, 0.717) is 5.91 Å². The molecule has 0 radical (unpaired) electrons. The van der Waals surface area contributed by atoms with Crippen molar-refractivity contribution in [3.8, 4) is 0 Å². The smallest absolute Gasteiger partial charge is 0.233 e. The fourth-order valence-electron chi connectivity index (χ4n) is 4.56. The zero-order valence-electron chi connectivity index (χ0n) is 17.6. The Labute approximate surface area is 177 Å². The predicted molar refractivity (Wildman–Crippen MR) is 120 cm³/mol. The molecule has 1 aliphatic heterocycles. The molecule has 154 valence electrons. The highest BCUT2D eigenvalue weighted by Crippen LogP contribution is 2.49. The van der Waals surface area contributed by atoms with Crippen LogP contribution in [0.25, 0.3) is 10.9 Å². The third kappa shape index (κ3) is 3.16. The Hall–Kier alpha value is -3.15. The first-order chi connectivity index (χ1) is 14.6. The fraction of sp³-hybridized carbons (Fsp3) is 0.375. The van der Waals surface area contributed by atoms with E-state index < -0.39 is 0 Å². The summed E-state index contributed by atoms with van der Waals surface area (Å²) in [7, 11) is 4.00. The lowest BCUT2D eigenvalue weighted by atomic mass is 9.94. The second-order valence-corrected chi connectivity index (χ2v) is 8.52. The van der Waals surface area contributed by atoms with Gasteiger partial charge in [-0.3, -0.25) is 4.79 Å². The summed E-state index contributed by atoms with van der Waals surface area (Å²) in [6, 6.07) is 16.6. The van der Waals surface area contributed by atoms with E-state index in [-0.39, 0.29) is 5.41 Å². The maximum Gasteiger partial charge on any atom is 0.233 e. The molecular weight excluding hydrogens is 374 g/mol. The van der Waals surface area contributed by atoms with Crippen LogP contribution in [0, 0.1) is 0 Å². The quantitative estimate of drug-likeness (QED) is 0.673. The van der Waals surface area contributed by atoms with Crippen molar-refractivity contribution >= 4 is 28.3 Å². The number of benzene rings is 2. The number of carbonyl (C=O) groups is 1. The molecule has 0 bridgehead atoms. The predicted octanol–water partition coefficient (Wildman–Crippen LogP) is 3.08. The number of rotatable bonds is 4. The third-order valence-electron chi connectivity index (χ3n) is 6.44. The van der Waals surface area contributed by atoms with E-state index in [0.717, 1.165) is 61.4 Å². The fourth-order valence-corrected chi connectivity index (χ4v) is 4.56. The molecule has 1 aromatic heterocycles. The maximum absolute atomic E-state index is 13.3. The topological polar surface area (TPSA) is 52.6 Å². The van der Waals surface area contributed by atoms with Crippen LogP contribution >= 0.6 is 0 Å². The van der Waals surface area contributed by atoms with Crippen LogP contribution in [0.3, 0.4) is 0 Å². The number of amides is 1. The molecular formula is C24H27N5O. The summed E-state index contributed by atoms with van der Waals surface area (Å²) in [4.78, 5) is 28.6. The van der Waals surface area contributed by atoms with Crippen molar-refractivity contribution in [2.24, 2.45) is 0 Å². The van der Waals surface area contributed by atoms with Crippen LogP contribution < -0.4 is 9.80 Å². The van der Waals surface area contributed by atoms with Gasteiger partial charge in [0, 0.05) is 51.3 Å². The highest BCUT2D eigenvalue weighted by Gasteiger charge is 2.53. The molecule has 1 saturated carbocycles. The lowest BCUT2D eigenvalue weighted by molar-refractivity contribution is -0.134. The van der Waals surface area contributed by atoms with Crippen LogP contribution in [0.5, 0.6) is 0 Å². The number of hydrogen-bond donors (Lipinski definition) is 0. The number of nitrogens with zero attached hydrogens (tertiary/aromatic N) is 5. The number of piperazine rings is 1. The van der Waals surface area contributed by atoms with Crippen LogP contribution in [0.4, 0.5) is 11.5 Å². The van der Waals surface area contributed by atoms with Crippen molar-refractivity contribution in [3.63, 3.8) is 0 Å². The molecule has 6 heteroatoms. The summed E-state index contributed by atoms with van der Waals surface area (Å²) >= 11 is 0. The molecule has 1 amide bonds. The molecule has 1 aliphatic carbocycles. The maximum atomic E-state index is 13.3. The first kappa shape index (κ1) is 18.9. The standard InChI is InChI=1S/C24H27N5O/c1-27(2)22-20-16-19(8-9-21(20)25-17-26-22)28-12-14-29(15-13-28)23(30)24(10-11-24)18-6-4-3-5-7-18/h3-9,16-17H,10-15H2,1-2H3. The number of anilines is 2. The summed E-state index contributed by atoms with van der Waals surface area (Å²) in [6.07, 6.45) is 3.55. The highest BCUT2D eigenvalue weighted by molar-refractivity contribution is 5.93. The number of hydrogen-bond acceptors (Lipinski definition) is 5. The van der Waals surface area contributed by atoms with Gasteiger partial charge in [0.2, 0.25) is 5.91 Å². The van der Waals surface area contributed by atoms with E-state index in [2.05, 4.69) is 50.1 Å². The van der Waals surface area contributed by atoms with Crippen molar-refractivity contribution in [2.75, 3.05) is 50.1 Å². The van der Waals surface area contributed by atoms with Gasteiger partial charge in [-0.1, -0.05) is 30.3 Å². The SMILES string of the molecule is CN(C)c1ncnc2ccc(N3CCN(C(=O)C4(c5ccccc5)CC4)CC3)cc12. The second kappa shape index (κ2) is 7.27. The summed E-state index contributed by atoms with van der Waals surface area (Å²) in [5.41, 5.74) is 3.01. The van der Waals surface area contributed by atoms with Crippen molar-refractivity contribution in [1.82, 2.24) is 14.9 Å². The van der Waals surface area contributed by atoms with Gasteiger partial charge in [0.05, 0.1) is 10.9 Å². The summed E-state index contributed by atoms with van der Waals surface area (Å²) in [5.74, 6) is 1.23. The summed E-state index contributed by atoms with van der Waals surface area (Å²) < 4.78 is 0. The van der Waals surface area contributed by atoms with Crippen molar-refractivity contribution in [1.29, 1.82) is 0 Å². The van der Waals surface area contributed by atoms with E-state index in [1.54, 1.807) is 6.33 Å². The van der Waals surface area contributed by atoms with Crippen LogP contribution in [0.1, 0.15) is 18.4 Å². The minimum atomic E-state index is -0.273. The number of carbonyl (C=O) groups excluding carboxylic acids is 1. The zero-order valence-corrected chi connectivity index (χ0v) is 17.6. The van der Waals surface area contributed by atoms with E-state index in [9.17, 15) is 4.79 Å². The van der Waals surface area contributed by atoms with E-state index >= 15 is 0 Å². The van der Waals surface area contributed by atoms with Gasteiger partial charge in [0.25, 0.3) is 0 Å². The summed E-state index contributed by atoms with van der Waals surface area (Å²) in [5, 5.41) is 1.06. The third-order valence-corrected chi connectivity index (χ3v) is 6.44. The molecule has 5 rings (SSSR count). The van der Waals surface area contributed by atoms with Gasteiger partial charge in [0.1, 0.15) is 12.1 Å². The Morgan fingerprint density at radius 1 is 0.967 bits per heavy atom. The van der Waals surface area contributed by atoms with Crippen LogP contribution in [-0.2, 0) is 10.2 Å². The van der Waals surface area contributed by atoms with E-state index in [4.69, 9.17) is 0 Å². The van der Waals surface area contributed by atoms with Gasteiger partial charge in [-0.15, -0.1) is 0 Å². The van der Waals surface area contributed by atoms with Gasteiger partial charge in [-0.25, -0.2) is 9.97 Å². The second-order valence-electron chi connectivity index (χ2n) is 8.52. The Bertz CT molecular complexity index is 1070. The minimum Gasteiger partial charge on any atom is -0.368 e. The van der Waals surface area contributed by atoms with Crippen LogP contribution in [0.2, 0.25) is 0 Å². The Morgan fingerprint density at radius 2 is 1.70 bits per heavy atom. The average molecular weight is 402 g/mol. The van der Waals surface area contributed by atoms with Gasteiger partial charge in [-0.2, -0.15) is 0 Å². The molecule has 0 unspecified atom stereocenters. The van der Waals surface area contributed by atoms with Crippen LogP contribution in [-0.4, -0.2) is 61.0 Å². The van der Waals surface area contributed by atoms with Gasteiger partial charge >= 0.3 is 0 Å². The average Bonchev–Trinajstić information content (AvgIpc) is 3.60. The first-order valence-corrected chi connectivity index (χ1v) is 10.6. The highest BCUT2D eigenvalue weighted by atomic mass is 16.2. The monoisotopic (exact) mass is 401 g/mol. The van der Waals surface area contributed by atoms with E-state index in [1.165, 1.54) is 5.56 Å². The van der Waals surface area contributed by atoms with Crippen molar-refractivity contribution in [3.05, 3.63) is 60.4 Å². The summed E-state index contributed by atoms with van der Waals surface area (Å²) in [6.45, 7) is 3.20. The van der Waals surface area contributed by atoms with Crippen LogP contribution in [0.15, 0.2) is 54.9 Å². The van der Waals surface area contributed by atoms with Gasteiger partial charge < -0.3 is 14.7 Å². The Morgan fingerprint density at radius 3 is 2.37 bits per heavy atom. The first-order valence-electron chi connectivity index (χ1n) is 10.6. The lowest BCUT2D eigenvalue weighted by Gasteiger charge is -2.38.